The van der Waals surface area contributed by atoms with Crippen LogP contribution >= 0.6 is 11.8 Å². The average Bonchev–Trinajstić information content (AvgIpc) is 1.98. The average molecular weight is 157 g/mol. The quantitative estimate of drug-likeness (QED) is 0.492. The molecule has 0 bridgehead atoms. The van der Waals surface area contributed by atoms with Crippen LogP contribution in [0.5, 0.6) is 0 Å². The molecular formula is C8H15NS. The van der Waals surface area contributed by atoms with E-state index in [-0.39, 0.29) is 0 Å². The van der Waals surface area contributed by atoms with Gasteiger partial charge < -0.3 is 5.73 Å². The minimum Gasteiger partial charge on any atom is -0.330 e. The van der Waals surface area contributed by atoms with E-state index < -0.39 is 0 Å². The molecule has 0 aliphatic rings. The first-order chi connectivity index (χ1) is 4.81. The van der Waals surface area contributed by atoms with E-state index in [2.05, 4.69) is 18.8 Å². The molecule has 1 unspecified atom stereocenters. The molecule has 0 aromatic heterocycles. The Labute approximate surface area is 67.8 Å². The summed E-state index contributed by atoms with van der Waals surface area (Å²) >= 11 is 1.86. The number of nitrogens with two attached hydrogens (primary N) is 1. The molecule has 1 atom stereocenters. The third kappa shape index (κ3) is 6.00. The second-order valence-electron chi connectivity index (χ2n) is 2.28. The summed E-state index contributed by atoms with van der Waals surface area (Å²) in [5, 5.41) is 0. The number of rotatable bonds is 4. The van der Waals surface area contributed by atoms with Crippen LogP contribution in [0.2, 0.25) is 0 Å². The van der Waals surface area contributed by atoms with Gasteiger partial charge in [-0.05, 0) is 25.1 Å². The molecule has 0 saturated heterocycles. The van der Waals surface area contributed by atoms with E-state index in [0.717, 1.165) is 18.1 Å². The van der Waals surface area contributed by atoms with Gasteiger partial charge in [-0.2, -0.15) is 0 Å². The molecule has 2 heteroatoms. The molecular weight excluding hydrogens is 142 g/mol. The van der Waals surface area contributed by atoms with E-state index in [9.17, 15) is 0 Å². The van der Waals surface area contributed by atoms with Gasteiger partial charge in [-0.3, -0.25) is 0 Å². The Balaban J connectivity index is 3.08. The van der Waals surface area contributed by atoms with E-state index in [1.54, 1.807) is 0 Å². The van der Waals surface area contributed by atoms with Crippen molar-refractivity contribution in [3.8, 4) is 11.8 Å². The first kappa shape index (κ1) is 9.87. The van der Waals surface area contributed by atoms with Crippen LogP contribution in [-0.4, -0.2) is 18.1 Å². The summed E-state index contributed by atoms with van der Waals surface area (Å²) in [5.41, 5.74) is 5.44. The number of hydrogen-bond acceptors (Lipinski definition) is 2. The van der Waals surface area contributed by atoms with Crippen LogP contribution in [0, 0.1) is 17.8 Å². The fourth-order valence-corrected chi connectivity index (χ4v) is 1.35. The van der Waals surface area contributed by atoms with Gasteiger partial charge in [0, 0.05) is 0 Å². The van der Waals surface area contributed by atoms with Crippen LogP contribution in [0.1, 0.15) is 13.8 Å². The highest BCUT2D eigenvalue weighted by Crippen LogP contribution is 2.05. The third-order valence-corrected chi connectivity index (χ3v) is 2.31. The van der Waals surface area contributed by atoms with Crippen molar-refractivity contribution in [1.29, 1.82) is 0 Å². The van der Waals surface area contributed by atoms with Crippen LogP contribution in [0.3, 0.4) is 0 Å². The Morgan fingerprint density at radius 1 is 1.60 bits per heavy atom. The Hall–Kier alpha value is -0.130. The van der Waals surface area contributed by atoms with Crippen molar-refractivity contribution < 1.29 is 0 Å². The molecule has 0 spiro atoms. The Morgan fingerprint density at radius 3 is 2.80 bits per heavy atom. The number of hydrogen-bond donors (Lipinski definition) is 1. The summed E-state index contributed by atoms with van der Waals surface area (Å²) in [7, 11) is 0. The molecule has 0 aliphatic carbocycles. The molecule has 0 aliphatic heterocycles. The highest BCUT2D eigenvalue weighted by molar-refractivity contribution is 7.99. The maximum atomic E-state index is 5.44. The fraction of sp³-hybridized carbons (Fsp3) is 0.750. The van der Waals surface area contributed by atoms with Gasteiger partial charge in [0.1, 0.15) is 0 Å². The second kappa shape index (κ2) is 6.98. The van der Waals surface area contributed by atoms with Crippen molar-refractivity contribution in [3.63, 3.8) is 0 Å². The molecule has 0 aromatic rings. The van der Waals surface area contributed by atoms with Crippen molar-refractivity contribution in [3.05, 3.63) is 0 Å². The summed E-state index contributed by atoms with van der Waals surface area (Å²) in [4.78, 5) is 0. The topological polar surface area (TPSA) is 26.0 Å². The summed E-state index contributed by atoms with van der Waals surface area (Å²) < 4.78 is 0. The molecule has 0 fully saturated rings. The van der Waals surface area contributed by atoms with Crippen LogP contribution in [0.15, 0.2) is 0 Å². The lowest BCUT2D eigenvalue weighted by atomic mass is 10.2. The lowest BCUT2D eigenvalue weighted by Crippen LogP contribution is -2.12. The van der Waals surface area contributed by atoms with Crippen LogP contribution in [0.4, 0.5) is 0 Å². The van der Waals surface area contributed by atoms with E-state index in [4.69, 9.17) is 5.73 Å². The first-order valence-corrected chi connectivity index (χ1v) is 4.64. The van der Waals surface area contributed by atoms with Crippen molar-refractivity contribution in [2.24, 2.45) is 11.7 Å². The molecule has 58 valence electrons. The number of thioether (sulfide) groups is 1. The van der Waals surface area contributed by atoms with E-state index in [0.29, 0.717) is 5.92 Å². The Morgan fingerprint density at radius 2 is 2.30 bits per heavy atom. The maximum absolute atomic E-state index is 5.44. The lowest BCUT2D eigenvalue weighted by Gasteiger charge is -2.04. The van der Waals surface area contributed by atoms with Gasteiger partial charge in [0.15, 0.2) is 0 Å². The molecule has 0 heterocycles. The van der Waals surface area contributed by atoms with Crippen LogP contribution in [0.25, 0.3) is 0 Å². The minimum atomic E-state index is 0.628. The lowest BCUT2D eigenvalue weighted by molar-refractivity contribution is 0.676. The fourth-order valence-electron chi connectivity index (χ4n) is 0.451. The Bertz CT molecular complexity index is 123. The van der Waals surface area contributed by atoms with Gasteiger partial charge in [0.25, 0.3) is 0 Å². The summed E-state index contributed by atoms with van der Waals surface area (Å²) in [5.74, 6) is 8.56. The van der Waals surface area contributed by atoms with Crippen LogP contribution < -0.4 is 5.73 Å². The largest absolute Gasteiger partial charge is 0.330 e. The van der Waals surface area contributed by atoms with Crippen molar-refractivity contribution >= 4 is 11.8 Å². The second-order valence-corrected chi connectivity index (χ2v) is 3.31. The van der Waals surface area contributed by atoms with Crippen molar-refractivity contribution in [1.82, 2.24) is 0 Å². The van der Waals surface area contributed by atoms with Gasteiger partial charge in [-0.1, -0.05) is 12.8 Å². The van der Waals surface area contributed by atoms with E-state index >= 15 is 0 Å². The summed E-state index contributed by atoms with van der Waals surface area (Å²) in [6.07, 6.45) is 0. The van der Waals surface area contributed by atoms with E-state index in [1.807, 2.05) is 18.7 Å². The standard InChI is InChI=1S/C8H15NS/c1-3-4-5-10-7-8(2)6-9/h8H,5-7,9H2,1-2H3. The SMILES string of the molecule is CC#CCSCC(C)CN. The molecule has 10 heavy (non-hydrogen) atoms. The molecule has 0 aromatic carbocycles. The molecule has 2 N–H and O–H groups in total. The van der Waals surface area contributed by atoms with Crippen LogP contribution in [-0.2, 0) is 0 Å². The predicted molar refractivity (Wildman–Crippen MR) is 49.0 cm³/mol. The van der Waals surface area contributed by atoms with E-state index in [1.165, 1.54) is 0 Å². The monoisotopic (exact) mass is 157 g/mol. The van der Waals surface area contributed by atoms with Gasteiger partial charge in [0.2, 0.25) is 0 Å². The van der Waals surface area contributed by atoms with Gasteiger partial charge >= 0.3 is 0 Å². The molecule has 1 nitrogen and oxygen atoms in total. The molecule has 0 radical (unpaired) electrons. The Kier molecular flexibility index (Phi) is 6.89. The molecule has 0 amide bonds. The van der Waals surface area contributed by atoms with Crippen molar-refractivity contribution in [2.45, 2.75) is 13.8 Å². The third-order valence-electron chi connectivity index (χ3n) is 1.16. The minimum absolute atomic E-state index is 0.628. The zero-order valence-electron chi connectivity index (χ0n) is 6.68. The predicted octanol–water partition coefficient (Wildman–Crippen LogP) is 1.34. The van der Waals surface area contributed by atoms with Crippen molar-refractivity contribution in [2.75, 3.05) is 18.1 Å². The molecule has 0 saturated carbocycles. The zero-order chi connectivity index (χ0) is 7.82. The highest BCUT2D eigenvalue weighted by atomic mass is 32.2. The maximum Gasteiger partial charge on any atom is 0.0547 e. The summed E-state index contributed by atoms with van der Waals surface area (Å²) in [6, 6.07) is 0. The smallest absolute Gasteiger partial charge is 0.0547 e. The normalized spacial score (nSPS) is 11.9. The van der Waals surface area contributed by atoms with Gasteiger partial charge in [-0.25, -0.2) is 0 Å². The highest BCUT2D eigenvalue weighted by Gasteiger charge is 1.96. The van der Waals surface area contributed by atoms with Gasteiger partial charge in [0.05, 0.1) is 5.75 Å². The van der Waals surface area contributed by atoms with Gasteiger partial charge in [-0.15, -0.1) is 17.7 Å². The first-order valence-electron chi connectivity index (χ1n) is 3.48. The molecule has 0 rings (SSSR count). The zero-order valence-corrected chi connectivity index (χ0v) is 7.50. The summed E-state index contributed by atoms with van der Waals surface area (Å²) in [6.45, 7) is 4.81.